The third-order valence-electron chi connectivity index (χ3n) is 3.04. The Bertz CT molecular complexity index is 666. The Balaban J connectivity index is 2.18. The van der Waals surface area contributed by atoms with E-state index in [0.29, 0.717) is 12.3 Å². The van der Waals surface area contributed by atoms with Crippen molar-refractivity contribution in [3.8, 4) is 0 Å². The summed E-state index contributed by atoms with van der Waals surface area (Å²) in [6.45, 7) is 7.74. The van der Waals surface area contributed by atoms with Gasteiger partial charge in [-0.1, -0.05) is 19.6 Å². The van der Waals surface area contributed by atoms with E-state index in [-0.39, 0.29) is 23.4 Å². The molecule has 2 aromatic rings. The molecule has 0 aliphatic carbocycles. The van der Waals surface area contributed by atoms with Crippen LogP contribution < -0.4 is 5.59 Å². The number of carbonyl (C=O) groups is 1. The third kappa shape index (κ3) is 3.92. The second-order valence-electron chi connectivity index (χ2n) is 6.13. The van der Waals surface area contributed by atoms with Gasteiger partial charge in [0.1, 0.15) is 25.7 Å². The van der Waals surface area contributed by atoms with Gasteiger partial charge in [0.15, 0.2) is 5.65 Å². The van der Waals surface area contributed by atoms with Gasteiger partial charge in [-0.3, -0.25) is 4.98 Å². The van der Waals surface area contributed by atoms with E-state index in [1.54, 1.807) is 4.57 Å². The van der Waals surface area contributed by atoms with Gasteiger partial charge in [-0.2, -0.15) is 0 Å². The molecule has 6 nitrogen and oxygen atoms in total. The standard InChI is InChI=1S/C13H18BN3O3Si/c1-21(2,3)5-4-20-8-17-7-9(13(18)19)11-12(17)15-6-10(14)16-11/h6-7H,4-5,8H2,1-3H3,(H,18,19). The summed E-state index contributed by atoms with van der Waals surface area (Å²) in [6, 6.07) is 1.05. The lowest BCUT2D eigenvalue weighted by Gasteiger charge is -2.15. The van der Waals surface area contributed by atoms with Crippen LogP contribution in [0.5, 0.6) is 0 Å². The zero-order valence-corrected chi connectivity index (χ0v) is 13.5. The maximum absolute atomic E-state index is 11.2. The smallest absolute Gasteiger partial charge is 0.339 e. The molecule has 0 spiro atoms. The van der Waals surface area contributed by atoms with Crippen molar-refractivity contribution in [2.45, 2.75) is 32.4 Å². The highest BCUT2D eigenvalue weighted by Gasteiger charge is 2.17. The fraction of sp³-hybridized carbons (Fsp3) is 0.462. The Morgan fingerprint density at radius 2 is 2.19 bits per heavy atom. The second kappa shape index (κ2) is 5.99. The van der Waals surface area contributed by atoms with E-state index in [9.17, 15) is 9.90 Å². The van der Waals surface area contributed by atoms with Crippen LogP contribution >= 0.6 is 0 Å². The lowest BCUT2D eigenvalue weighted by molar-refractivity contribution is 0.0696. The largest absolute Gasteiger partial charge is 0.478 e. The molecule has 2 rings (SSSR count). The zero-order valence-electron chi connectivity index (χ0n) is 12.5. The summed E-state index contributed by atoms with van der Waals surface area (Å²) in [6.07, 6.45) is 2.90. The van der Waals surface area contributed by atoms with Gasteiger partial charge in [0.25, 0.3) is 0 Å². The van der Waals surface area contributed by atoms with Crippen LogP contribution in [0.15, 0.2) is 12.4 Å². The molecule has 0 bridgehead atoms. The fourth-order valence-electron chi connectivity index (χ4n) is 1.86. The van der Waals surface area contributed by atoms with Gasteiger partial charge in [-0.05, 0) is 6.04 Å². The minimum absolute atomic E-state index is 0.0820. The summed E-state index contributed by atoms with van der Waals surface area (Å²) in [5.41, 5.74) is 1.03. The maximum atomic E-state index is 11.2. The molecule has 0 saturated carbocycles. The molecule has 0 aliphatic rings. The normalized spacial score (nSPS) is 12.0. The van der Waals surface area contributed by atoms with Gasteiger partial charge >= 0.3 is 5.97 Å². The average Bonchev–Trinajstić information content (AvgIpc) is 2.71. The zero-order chi connectivity index (χ0) is 15.6. The van der Waals surface area contributed by atoms with Gasteiger partial charge in [0, 0.05) is 32.7 Å². The Labute approximate surface area is 125 Å². The van der Waals surface area contributed by atoms with Gasteiger partial charge in [0.2, 0.25) is 0 Å². The van der Waals surface area contributed by atoms with Crippen molar-refractivity contribution in [3.63, 3.8) is 0 Å². The van der Waals surface area contributed by atoms with Crippen LogP contribution in [-0.2, 0) is 11.5 Å². The van der Waals surface area contributed by atoms with Crippen LogP contribution in [0.2, 0.25) is 25.7 Å². The fourth-order valence-corrected chi connectivity index (χ4v) is 2.62. The molecule has 2 radical (unpaired) electrons. The quantitative estimate of drug-likeness (QED) is 0.641. The van der Waals surface area contributed by atoms with Crippen LogP contribution in [-0.4, -0.2) is 48.1 Å². The summed E-state index contributed by atoms with van der Waals surface area (Å²) in [5, 5.41) is 9.21. The number of carboxylic acids is 1. The first kappa shape index (κ1) is 15.7. The summed E-state index contributed by atoms with van der Waals surface area (Å²) in [5.74, 6) is -1.05. The number of rotatable bonds is 6. The molecule has 0 aromatic carbocycles. The SMILES string of the molecule is [B]c1cnc2c(n1)c(C(=O)O)cn2COCC[Si](C)(C)C. The molecular weight excluding hydrogens is 285 g/mol. The molecule has 0 amide bonds. The van der Waals surface area contributed by atoms with Gasteiger partial charge in [0.05, 0.1) is 0 Å². The molecule has 0 aliphatic heterocycles. The predicted molar refractivity (Wildman–Crippen MR) is 84.0 cm³/mol. The van der Waals surface area contributed by atoms with Crippen LogP contribution in [0.1, 0.15) is 10.4 Å². The average molecular weight is 303 g/mol. The molecule has 2 heterocycles. The van der Waals surface area contributed by atoms with Crippen molar-refractivity contribution in [1.82, 2.24) is 14.5 Å². The molecule has 0 saturated heterocycles. The van der Waals surface area contributed by atoms with Gasteiger partial charge in [-0.25, -0.2) is 9.78 Å². The number of hydrogen-bond donors (Lipinski definition) is 1. The molecule has 0 atom stereocenters. The maximum Gasteiger partial charge on any atom is 0.339 e. The van der Waals surface area contributed by atoms with E-state index in [4.69, 9.17) is 12.6 Å². The van der Waals surface area contributed by atoms with Crippen LogP contribution in [0, 0.1) is 0 Å². The summed E-state index contributed by atoms with van der Waals surface area (Å²) < 4.78 is 7.28. The van der Waals surface area contributed by atoms with Crippen LogP contribution in [0.4, 0.5) is 0 Å². The Kier molecular flexibility index (Phi) is 4.48. The lowest BCUT2D eigenvalue weighted by atomic mass is 10.1. The number of nitrogens with zero attached hydrogens (tertiary/aromatic N) is 3. The first-order chi connectivity index (χ1) is 9.78. The lowest BCUT2D eigenvalue weighted by Crippen LogP contribution is -2.22. The molecule has 8 heteroatoms. The number of ether oxygens (including phenoxy) is 1. The highest BCUT2D eigenvalue weighted by Crippen LogP contribution is 2.17. The van der Waals surface area contributed by atoms with E-state index in [0.717, 1.165) is 6.04 Å². The van der Waals surface area contributed by atoms with Crippen molar-refractivity contribution in [2.24, 2.45) is 0 Å². The Morgan fingerprint density at radius 3 is 2.81 bits per heavy atom. The topological polar surface area (TPSA) is 77.2 Å². The molecule has 2 aromatic heterocycles. The van der Waals surface area contributed by atoms with Crippen molar-refractivity contribution in [3.05, 3.63) is 18.0 Å². The second-order valence-corrected chi connectivity index (χ2v) is 11.8. The van der Waals surface area contributed by atoms with Crippen molar-refractivity contribution in [2.75, 3.05) is 6.61 Å². The van der Waals surface area contributed by atoms with Gasteiger partial charge < -0.3 is 14.4 Å². The highest BCUT2D eigenvalue weighted by atomic mass is 28.3. The molecule has 21 heavy (non-hydrogen) atoms. The first-order valence-electron chi connectivity index (χ1n) is 6.70. The van der Waals surface area contributed by atoms with Crippen molar-refractivity contribution >= 4 is 38.6 Å². The van der Waals surface area contributed by atoms with E-state index >= 15 is 0 Å². The molecule has 0 unspecified atom stereocenters. The molecule has 0 fully saturated rings. The summed E-state index contributed by atoms with van der Waals surface area (Å²) >= 11 is 0. The molecular formula is C13H18BN3O3Si. The van der Waals surface area contributed by atoms with Crippen LogP contribution in [0.25, 0.3) is 11.2 Å². The minimum Gasteiger partial charge on any atom is -0.478 e. The van der Waals surface area contributed by atoms with Crippen LogP contribution in [0.3, 0.4) is 0 Å². The predicted octanol–water partition coefficient (Wildman–Crippen LogP) is 1.24. The molecule has 110 valence electrons. The number of aromatic nitrogens is 3. The monoisotopic (exact) mass is 303 g/mol. The van der Waals surface area contributed by atoms with Gasteiger partial charge in [-0.15, -0.1) is 0 Å². The third-order valence-corrected chi connectivity index (χ3v) is 4.75. The first-order valence-corrected chi connectivity index (χ1v) is 10.4. The molecule has 1 N–H and O–H groups in total. The van der Waals surface area contributed by atoms with E-state index in [1.165, 1.54) is 12.4 Å². The number of hydrogen-bond acceptors (Lipinski definition) is 4. The summed E-state index contributed by atoms with van der Waals surface area (Å²) in [4.78, 5) is 19.4. The van der Waals surface area contributed by atoms with E-state index in [2.05, 4.69) is 29.6 Å². The summed E-state index contributed by atoms with van der Waals surface area (Å²) in [7, 11) is 4.43. The number of carboxylic acid groups (broad SMARTS) is 1. The van der Waals surface area contributed by atoms with E-state index < -0.39 is 14.0 Å². The van der Waals surface area contributed by atoms with Crippen molar-refractivity contribution < 1.29 is 14.6 Å². The highest BCUT2D eigenvalue weighted by molar-refractivity contribution is 6.76. The van der Waals surface area contributed by atoms with Crippen molar-refractivity contribution in [1.29, 1.82) is 0 Å². The number of fused-ring (bicyclic) bond motifs is 1. The minimum atomic E-state index is -1.14. The number of aromatic carboxylic acids is 1. The Morgan fingerprint density at radius 1 is 1.48 bits per heavy atom. The van der Waals surface area contributed by atoms with E-state index in [1.807, 2.05) is 0 Å². The Hall–Kier alpha value is -1.67.